The summed E-state index contributed by atoms with van der Waals surface area (Å²) in [6.07, 6.45) is 5.53. The van der Waals surface area contributed by atoms with Gasteiger partial charge in [0, 0.05) is 43.4 Å². The van der Waals surface area contributed by atoms with Crippen LogP contribution in [-0.2, 0) is 4.79 Å². The van der Waals surface area contributed by atoms with Crippen molar-refractivity contribution in [2.75, 3.05) is 19.7 Å². The van der Waals surface area contributed by atoms with Gasteiger partial charge in [0.15, 0.2) is 0 Å². The number of aromatic amines is 1. The van der Waals surface area contributed by atoms with Crippen LogP contribution in [0, 0.1) is 16.7 Å². The highest BCUT2D eigenvalue weighted by Gasteiger charge is 2.32. The second kappa shape index (κ2) is 7.59. The Morgan fingerprint density at radius 3 is 2.66 bits per heavy atom. The van der Waals surface area contributed by atoms with Crippen LogP contribution in [-0.4, -0.2) is 40.5 Å². The second-order valence-electron chi connectivity index (χ2n) is 8.03. The first kappa shape index (κ1) is 19.0. The summed E-state index contributed by atoms with van der Waals surface area (Å²) in [6.45, 7) is 6.00. The molecule has 0 radical (unpaired) electrons. The number of nitrogens with zero attached hydrogens (tertiary/aromatic N) is 3. The van der Waals surface area contributed by atoms with Gasteiger partial charge in [-0.25, -0.2) is 4.98 Å². The molecule has 0 bridgehead atoms. The first-order valence-corrected chi connectivity index (χ1v) is 9.84. The van der Waals surface area contributed by atoms with Crippen LogP contribution in [0.2, 0.25) is 0 Å². The van der Waals surface area contributed by atoms with E-state index in [1.807, 2.05) is 41.4 Å². The third-order valence-corrected chi connectivity index (χ3v) is 5.85. The van der Waals surface area contributed by atoms with Crippen molar-refractivity contribution in [3.63, 3.8) is 0 Å². The topological polar surface area (TPSA) is 82.0 Å². The molecule has 6 nitrogen and oxygen atoms in total. The molecular weight excluding hydrogens is 364 g/mol. The molecular formula is C23H24N4O2. The minimum Gasteiger partial charge on any atom is -0.492 e. The van der Waals surface area contributed by atoms with Crippen LogP contribution < -0.4 is 4.74 Å². The second-order valence-corrected chi connectivity index (χ2v) is 8.03. The minimum absolute atomic E-state index is 0.0342. The normalized spacial score (nSPS) is 15.8. The molecule has 6 heteroatoms. The number of aromatic nitrogens is 2. The zero-order valence-corrected chi connectivity index (χ0v) is 16.7. The number of ether oxygens (including phenoxy) is 1. The van der Waals surface area contributed by atoms with Crippen LogP contribution in [0.4, 0.5) is 0 Å². The van der Waals surface area contributed by atoms with Gasteiger partial charge in [-0.05, 0) is 36.6 Å². The Hall–Kier alpha value is -3.33. The molecule has 1 saturated heterocycles. The molecule has 0 unspecified atom stereocenters. The molecule has 29 heavy (non-hydrogen) atoms. The summed E-state index contributed by atoms with van der Waals surface area (Å²) in [5.74, 6) is 0.939. The van der Waals surface area contributed by atoms with Crippen molar-refractivity contribution >= 4 is 16.9 Å². The molecule has 1 aromatic carbocycles. The number of rotatable bonds is 4. The number of piperidine rings is 1. The lowest BCUT2D eigenvalue weighted by atomic mass is 9.81. The zero-order chi connectivity index (χ0) is 20.4. The number of nitriles is 1. The number of nitrogens with one attached hydrogen (secondary N) is 1. The van der Waals surface area contributed by atoms with E-state index < -0.39 is 0 Å². The van der Waals surface area contributed by atoms with Crippen molar-refractivity contribution in [3.05, 3.63) is 48.3 Å². The van der Waals surface area contributed by atoms with E-state index in [1.165, 1.54) is 0 Å². The number of pyridine rings is 1. The number of likely N-dealkylation sites (tertiary alicyclic amines) is 1. The predicted octanol–water partition coefficient (Wildman–Crippen LogP) is 4.13. The minimum atomic E-state index is 0.0342. The smallest absolute Gasteiger partial charge is 0.219 e. The third-order valence-electron chi connectivity index (χ3n) is 5.85. The lowest BCUT2D eigenvalue weighted by Gasteiger charge is -2.38. The van der Waals surface area contributed by atoms with E-state index in [0.717, 1.165) is 53.8 Å². The highest BCUT2D eigenvalue weighted by Crippen LogP contribution is 2.37. The first-order chi connectivity index (χ1) is 14.0. The Kier molecular flexibility index (Phi) is 4.98. The fourth-order valence-electron chi connectivity index (χ4n) is 3.86. The predicted molar refractivity (Wildman–Crippen MR) is 111 cm³/mol. The van der Waals surface area contributed by atoms with E-state index in [1.54, 1.807) is 13.1 Å². The van der Waals surface area contributed by atoms with E-state index in [0.29, 0.717) is 12.2 Å². The quantitative estimate of drug-likeness (QED) is 0.729. The Morgan fingerprint density at radius 1 is 1.28 bits per heavy atom. The average Bonchev–Trinajstić information content (AvgIpc) is 3.17. The summed E-state index contributed by atoms with van der Waals surface area (Å²) in [4.78, 5) is 21.1. The van der Waals surface area contributed by atoms with Gasteiger partial charge < -0.3 is 14.6 Å². The summed E-state index contributed by atoms with van der Waals surface area (Å²) >= 11 is 0. The van der Waals surface area contributed by atoms with Crippen LogP contribution in [0.5, 0.6) is 5.75 Å². The summed E-state index contributed by atoms with van der Waals surface area (Å²) in [7, 11) is 0. The molecule has 1 aliphatic heterocycles. The van der Waals surface area contributed by atoms with Crippen LogP contribution >= 0.6 is 0 Å². The number of carbonyl (C=O) groups is 1. The number of hydrogen-bond acceptors (Lipinski definition) is 4. The molecule has 148 valence electrons. The summed E-state index contributed by atoms with van der Waals surface area (Å²) in [6, 6.07) is 11.6. The van der Waals surface area contributed by atoms with Gasteiger partial charge in [0.2, 0.25) is 5.91 Å². The highest BCUT2D eigenvalue weighted by atomic mass is 16.5. The molecule has 0 aliphatic carbocycles. The molecule has 0 atom stereocenters. The fourth-order valence-corrected chi connectivity index (χ4v) is 3.86. The maximum atomic E-state index is 11.6. The first-order valence-electron chi connectivity index (χ1n) is 9.84. The summed E-state index contributed by atoms with van der Waals surface area (Å²) < 4.78 is 6.31. The van der Waals surface area contributed by atoms with Crippen LogP contribution in [0.25, 0.3) is 22.2 Å². The van der Waals surface area contributed by atoms with E-state index in [2.05, 4.69) is 23.0 Å². The van der Waals surface area contributed by atoms with Gasteiger partial charge in [0.05, 0.1) is 23.6 Å². The Balaban J connectivity index is 1.57. The standard InChI is InChI=1S/C23H24N4O2/c1-16(28)27-11-8-23(2,9-12-27)15-29-20-7-10-25-22-21(20)19(14-26-22)18-5-3-17(13-24)4-6-18/h3-7,10,14H,8-9,11-12,15H2,1-2H3,(H,25,26). The van der Waals surface area contributed by atoms with Gasteiger partial charge >= 0.3 is 0 Å². The van der Waals surface area contributed by atoms with Crippen LogP contribution in [0.15, 0.2) is 42.7 Å². The van der Waals surface area contributed by atoms with Gasteiger partial charge in [-0.2, -0.15) is 5.26 Å². The molecule has 1 N–H and O–H groups in total. The SMILES string of the molecule is CC(=O)N1CCC(C)(COc2ccnc3[nH]cc(-c4ccc(C#N)cc4)c23)CC1. The van der Waals surface area contributed by atoms with Crippen LogP contribution in [0.1, 0.15) is 32.3 Å². The number of benzene rings is 1. The van der Waals surface area contributed by atoms with E-state index >= 15 is 0 Å². The average molecular weight is 388 g/mol. The number of fused-ring (bicyclic) bond motifs is 1. The van der Waals surface area contributed by atoms with Crippen molar-refractivity contribution in [3.8, 4) is 22.9 Å². The number of H-pyrrole nitrogens is 1. The summed E-state index contributed by atoms with van der Waals surface area (Å²) in [5.41, 5.74) is 3.46. The number of carbonyl (C=O) groups excluding carboxylic acids is 1. The molecule has 3 heterocycles. The van der Waals surface area contributed by atoms with E-state index in [4.69, 9.17) is 10.00 Å². The van der Waals surface area contributed by atoms with Crippen molar-refractivity contribution < 1.29 is 9.53 Å². The van der Waals surface area contributed by atoms with Gasteiger partial charge in [-0.3, -0.25) is 4.79 Å². The Labute approximate surface area is 170 Å². The molecule has 1 amide bonds. The molecule has 0 saturated carbocycles. The number of hydrogen-bond donors (Lipinski definition) is 1. The largest absolute Gasteiger partial charge is 0.492 e. The summed E-state index contributed by atoms with van der Waals surface area (Å²) in [5, 5.41) is 9.98. The van der Waals surface area contributed by atoms with Gasteiger partial charge in [-0.15, -0.1) is 0 Å². The molecule has 1 aliphatic rings. The maximum absolute atomic E-state index is 11.6. The molecule has 1 fully saturated rings. The van der Waals surface area contributed by atoms with E-state index in [9.17, 15) is 4.79 Å². The van der Waals surface area contributed by atoms with Gasteiger partial charge in [0.25, 0.3) is 0 Å². The Bertz CT molecular complexity index is 1070. The maximum Gasteiger partial charge on any atom is 0.219 e. The van der Waals surface area contributed by atoms with Gasteiger partial charge in [-0.1, -0.05) is 19.1 Å². The highest BCUT2D eigenvalue weighted by molar-refractivity contribution is 5.98. The van der Waals surface area contributed by atoms with Crippen molar-refractivity contribution in [2.45, 2.75) is 26.7 Å². The monoisotopic (exact) mass is 388 g/mol. The lowest BCUT2D eigenvalue weighted by Crippen LogP contribution is -2.43. The third kappa shape index (κ3) is 3.81. The van der Waals surface area contributed by atoms with Gasteiger partial charge in [0.1, 0.15) is 11.4 Å². The molecule has 3 aromatic rings. The fraction of sp³-hybridized carbons (Fsp3) is 0.348. The van der Waals surface area contributed by atoms with Crippen molar-refractivity contribution in [1.82, 2.24) is 14.9 Å². The lowest BCUT2D eigenvalue weighted by molar-refractivity contribution is -0.131. The Morgan fingerprint density at radius 2 is 2.00 bits per heavy atom. The van der Waals surface area contributed by atoms with Crippen molar-refractivity contribution in [1.29, 1.82) is 5.26 Å². The molecule has 2 aromatic heterocycles. The van der Waals surface area contributed by atoms with Crippen LogP contribution in [0.3, 0.4) is 0 Å². The zero-order valence-electron chi connectivity index (χ0n) is 16.7. The van der Waals surface area contributed by atoms with E-state index in [-0.39, 0.29) is 11.3 Å². The molecule has 0 spiro atoms. The number of amides is 1. The molecule has 4 rings (SSSR count). The van der Waals surface area contributed by atoms with Crippen molar-refractivity contribution in [2.24, 2.45) is 5.41 Å².